The third kappa shape index (κ3) is 5.75. The molecule has 3 aromatic rings. The topological polar surface area (TPSA) is 115 Å². The SMILES string of the molecule is CCCCCc1cc([C@@H]2CC[C@H]3[C@H](C2)O[C@H](c2cc(O)c(O)c(OC)c2Cc2cc[nH]c2)C[C@@H]3O)ccc1O. The van der Waals surface area contributed by atoms with Crippen molar-refractivity contribution >= 4 is 0 Å². The van der Waals surface area contributed by atoms with Crippen LogP contribution in [0.25, 0.3) is 0 Å². The van der Waals surface area contributed by atoms with Crippen LogP contribution in [0.3, 0.4) is 0 Å². The van der Waals surface area contributed by atoms with Gasteiger partial charge in [-0.1, -0.05) is 31.9 Å². The van der Waals surface area contributed by atoms with Crippen molar-refractivity contribution in [1.29, 1.82) is 0 Å². The van der Waals surface area contributed by atoms with Crippen LogP contribution in [0.15, 0.2) is 42.7 Å². The number of aliphatic hydroxyl groups excluding tert-OH is 1. The lowest BCUT2D eigenvalue weighted by Gasteiger charge is -2.45. The molecule has 1 aromatic heterocycles. The molecule has 1 saturated heterocycles. The molecule has 5 rings (SSSR count). The van der Waals surface area contributed by atoms with E-state index in [1.807, 2.05) is 30.6 Å². The molecule has 2 aliphatic rings. The Hall–Kier alpha value is -3.16. The van der Waals surface area contributed by atoms with Gasteiger partial charge in [0.1, 0.15) is 5.75 Å². The molecule has 0 radical (unpaired) electrons. The summed E-state index contributed by atoms with van der Waals surface area (Å²) in [5.41, 5.74) is 4.70. The van der Waals surface area contributed by atoms with E-state index in [1.165, 1.54) is 12.7 Å². The third-order valence-corrected chi connectivity index (χ3v) is 8.72. The molecule has 39 heavy (non-hydrogen) atoms. The minimum Gasteiger partial charge on any atom is -0.508 e. The molecule has 1 aliphatic carbocycles. The van der Waals surface area contributed by atoms with Gasteiger partial charge in [-0.2, -0.15) is 0 Å². The van der Waals surface area contributed by atoms with E-state index < -0.39 is 12.2 Å². The summed E-state index contributed by atoms with van der Waals surface area (Å²) in [6.45, 7) is 2.18. The number of phenols is 3. The van der Waals surface area contributed by atoms with Crippen LogP contribution in [0.5, 0.6) is 23.0 Å². The summed E-state index contributed by atoms with van der Waals surface area (Å²) in [5.74, 6) is 0.378. The molecular formula is C32H41NO6. The van der Waals surface area contributed by atoms with E-state index in [1.54, 1.807) is 6.07 Å². The van der Waals surface area contributed by atoms with Crippen molar-refractivity contribution in [3.05, 3.63) is 70.5 Å². The number of aromatic amines is 1. The maximum atomic E-state index is 11.2. The molecule has 0 unspecified atom stereocenters. The van der Waals surface area contributed by atoms with Crippen LogP contribution < -0.4 is 4.74 Å². The average Bonchev–Trinajstić information content (AvgIpc) is 3.45. The maximum Gasteiger partial charge on any atom is 0.200 e. The molecule has 1 aliphatic heterocycles. The molecule has 5 N–H and O–H groups in total. The minimum absolute atomic E-state index is 0.0550. The number of hydrogen-bond acceptors (Lipinski definition) is 6. The summed E-state index contributed by atoms with van der Waals surface area (Å²) in [6.07, 6.45) is 10.4. The first kappa shape index (κ1) is 27.4. The van der Waals surface area contributed by atoms with Crippen molar-refractivity contribution in [2.24, 2.45) is 5.92 Å². The van der Waals surface area contributed by atoms with Gasteiger partial charge >= 0.3 is 0 Å². The maximum absolute atomic E-state index is 11.2. The van der Waals surface area contributed by atoms with Crippen LogP contribution in [0.4, 0.5) is 0 Å². The van der Waals surface area contributed by atoms with Crippen molar-refractivity contribution in [3.63, 3.8) is 0 Å². The molecule has 2 aromatic carbocycles. The molecule has 2 fully saturated rings. The molecule has 5 atom stereocenters. The van der Waals surface area contributed by atoms with E-state index in [9.17, 15) is 20.4 Å². The number of fused-ring (bicyclic) bond motifs is 1. The molecule has 7 heteroatoms. The highest BCUT2D eigenvalue weighted by Gasteiger charge is 2.43. The Balaban J connectivity index is 1.40. The number of phenolic OH excluding ortho intramolecular Hbond substituents is 3. The fourth-order valence-electron chi connectivity index (χ4n) is 6.59. The van der Waals surface area contributed by atoms with Gasteiger partial charge in [-0.25, -0.2) is 0 Å². The van der Waals surface area contributed by atoms with Gasteiger partial charge in [-0.3, -0.25) is 0 Å². The normalized spacial score (nSPS) is 24.8. The fourth-order valence-corrected chi connectivity index (χ4v) is 6.59. The Labute approximate surface area is 230 Å². The van der Waals surface area contributed by atoms with Gasteiger partial charge < -0.3 is 34.9 Å². The van der Waals surface area contributed by atoms with Crippen LogP contribution in [-0.2, 0) is 17.6 Å². The van der Waals surface area contributed by atoms with E-state index in [0.717, 1.165) is 67.2 Å². The van der Waals surface area contributed by atoms with Crippen molar-refractivity contribution in [3.8, 4) is 23.0 Å². The number of ether oxygens (including phenoxy) is 2. The van der Waals surface area contributed by atoms with Gasteiger partial charge in [0.25, 0.3) is 0 Å². The van der Waals surface area contributed by atoms with E-state index in [4.69, 9.17) is 9.47 Å². The Kier molecular flexibility index (Phi) is 8.38. The molecule has 1 saturated carbocycles. The number of aryl methyl sites for hydroxylation is 1. The summed E-state index contributed by atoms with van der Waals surface area (Å²) in [6, 6.07) is 9.52. The van der Waals surface area contributed by atoms with Crippen molar-refractivity contribution in [1.82, 2.24) is 4.98 Å². The monoisotopic (exact) mass is 535 g/mol. The van der Waals surface area contributed by atoms with Gasteiger partial charge in [-0.05, 0) is 78.5 Å². The number of aliphatic hydroxyl groups is 1. The summed E-state index contributed by atoms with van der Waals surface area (Å²) in [5, 5.41) is 42.7. The smallest absolute Gasteiger partial charge is 0.200 e. The second-order valence-corrected chi connectivity index (χ2v) is 11.2. The number of benzene rings is 2. The quantitative estimate of drug-likeness (QED) is 0.164. The van der Waals surface area contributed by atoms with E-state index in [2.05, 4.69) is 18.0 Å². The van der Waals surface area contributed by atoms with Gasteiger partial charge in [0.2, 0.25) is 5.75 Å². The molecular weight excluding hydrogens is 494 g/mol. The largest absolute Gasteiger partial charge is 0.508 e. The lowest BCUT2D eigenvalue weighted by Crippen LogP contribution is -2.44. The highest BCUT2D eigenvalue weighted by Crippen LogP contribution is 2.50. The molecule has 7 nitrogen and oxygen atoms in total. The van der Waals surface area contributed by atoms with Crippen molar-refractivity contribution in [2.75, 3.05) is 7.11 Å². The van der Waals surface area contributed by atoms with Crippen LogP contribution in [0.1, 0.15) is 91.7 Å². The summed E-state index contributed by atoms with van der Waals surface area (Å²) in [4.78, 5) is 3.06. The summed E-state index contributed by atoms with van der Waals surface area (Å²) >= 11 is 0. The van der Waals surface area contributed by atoms with E-state index in [0.29, 0.717) is 18.6 Å². The van der Waals surface area contributed by atoms with Gasteiger partial charge in [0.05, 0.1) is 25.4 Å². The fraction of sp³-hybridized carbons (Fsp3) is 0.500. The van der Waals surface area contributed by atoms with Crippen LogP contribution in [0, 0.1) is 5.92 Å². The second-order valence-electron chi connectivity index (χ2n) is 11.2. The molecule has 0 bridgehead atoms. The minimum atomic E-state index is -0.527. The van der Waals surface area contributed by atoms with Crippen LogP contribution >= 0.6 is 0 Å². The number of aromatic nitrogens is 1. The lowest BCUT2D eigenvalue weighted by atomic mass is 9.71. The molecule has 0 amide bonds. The Morgan fingerprint density at radius 2 is 1.87 bits per heavy atom. The van der Waals surface area contributed by atoms with Crippen molar-refractivity contribution < 1.29 is 29.9 Å². The Morgan fingerprint density at radius 1 is 1.03 bits per heavy atom. The van der Waals surface area contributed by atoms with E-state index in [-0.39, 0.29) is 35.2 Å². The zero-order chi connectivity index (χ0) is 27.5. The number of nitrogens with one attached hydrogen (secondary N) is 1. The number of methoxy groups -OCH3 is 1. The number of rotatable bonds is 9. The van der Waals surface area contributed by atoms with Gasteiger partial charge in [-0.15, -0.1) is 0 Å². The number of unbranched alkanes of at least 4 members (excludes halogenated alkanes) is 2. The third-order valence-electron chi connectivity index (χ3n) is 8.72. The Bertz CT molecular complexity index is 1260. The first-order chi connectivity index (χ1) is 18.9. The highest BCUT2D eigenvalue weighted by atomic mass is 16.5. The Morgan fingerprint density at radius 3 is 2.62 bits per heavy atom. The van der Waals surface area contributed by atoms with Gasteiger partial charge in [0.15, 0.2) is 11.5 Å². The predicted octanol–water partition coefficient (Wildman–Crippen LogP) is 6.24. The predicted molar refractivity (Wildman–Crippen MR) is 150 cm³/mol. The van der Waals surface area contributed by atoms with Crippen LogP contribution in [-0.4, -0.2) is 44.7 Å². The summed E-state index contributed by atoms with van der Waals surface area (Å²) < 4.78 is 12.3. The zero-order valence-corrected chi connectivity index (χ0v) is 22.9. The molecule has 2 heterocycles. The number of H-pyrrole nitrogens is 1. The first-order valence-electron chi connectivity index (χ1n) is 14.3. The van der Waals surface area contributed by atoms with E-state index >= 15 is 0 Å². The zero-order valence-electron chi connectivity index (χ0n) is 22.9. The second kappa shape index (κ2) is 11.9. The number of aromatic hydroxyl groups is 3. The molecule has 210 valence electrons. The lowest BCUT2D eigenvalue weighted by molar-refractivity contribution is -0.154. The summed E-state index contributed by atoms with van der Waals surface area (Å²) in [7, 11) is 1.48. The van der Waals surface area contributed by atoms with Crippen LogP contribution in [0.2, 0.25) is 0 Å². The average molecular weight is 536 g/mol. The molecule has 0 spiro atoms. The van der Waals surface area contributed by atoms with Crippen molar-refractivity contribution in [2.45, 2.75) is 88.9 Å². The van der Waals surface area contributed by atoms with Gasteiger partial charge in [0, 0.05) is 36.7 Å². The number of hydrogen-bond donors (Lipinski definition) is 5. The first-order valence-corrected chi connectivity index (χ1v) is 14.3. The highest BCUT2D eigenvalue weighted by molar-refractivity contribution is 5.59. The standard InChI is InChI=1S/C32H41NO6/c1-3-4-5-6-22-14-20(8-10-26(22)34)21-7-9-23-27(35)17-30(39-29(23)15-21)24-16-28(36)31(37)32(38-2)25(24)13-19-11-12-33-18-19/h8,10-12,14,16,18,21,23,27,29-30,33-37H,3-7,9,13,15,17H2,1-2H3/t21-,23-,27+,29+,30+/m1/s1.